The molecule has 0 amide bonds. The highest BCUT2D eigenvalue weighted by Gasteiger charge is 2.42. The van der Waals surface area contributed by atoms with Gasteiger partial charge in [0.05, 0.1) is 24.7 Å². The van der Waals surface area contributed by atoms with E-state index in [1.807, 2.05) is 0 Å². The zero-order valence-corrected chi connectivity index (χ0v) is 11.5. The minimum atomic E-state index is -5.39. The van der Waals surface area contributed by atoms with Crippen molar-refractivity contribution in [1.29, 1.82) is 5.26 Å². The van der Waals surface area contributed by atoms with Crippen molar-refractivity contribution in [3.05, 3.63) is 28.8 Å². The van der Waals surface area contributed by atoms with Crippen molar-refractivity contribution in [2.24, 2.45) is 0 Å². The molecule has 0 aliphatic carbocycles. The molecule has 0 aliphatic rings. The van der Waals surface area contributed by atoms with Crippen LogP contribution in [0.4, 0.5) is 26.3 Å². The molecule has 23 heavy (non-hydrogen) atoms. The molecule has 4 nitrogen and oxygen atoms in total. The Morgan fingerprint density at radius 2 is 1.83 bits per heavy atom. The molecule has 0 heterocycles. The summed E-state index contributed by atoms with van der Waals surface area (Å²) in [4.78, 5) is 11.4. The smallest absolute Gasteiger partial charge is 0.466 e. The Bertz CT molecular complexity index is 630. The molecule has 0 N–H and O–H groups in total. The van der Waals surface area contributed by atoms with Crippen LogP contribution in [0.15, 0.2) is 12.1 Å². The second-order valence-corrected chi connectivity index (χ2v) is 4.15. The first-order valence-electron chi connectivity index (χ1n) is 6.03. The number of nitriles is 1. The van der Waals surface area contributed by atoms with Crippen molar-refractivity contribution >= 4 is 5.97 Å². The summed E-state index contributed by atoms with van der Waals surface area (Å²) in [6, 6.07) is 2.39. The zero-order valence-electron chi connectivity index (χ0n) is 11.5. The fraction of sp³-hybridized carbons (Fsp3) is 0.385. The van der Waals surface area contributed by atoms with Crippen molar-refractivity contribution < 1.29 is 40.6 Å². The number of carbonyl (C=O) groups excluding carboxylic acids is 1. The van der Waals surface area contributed by atoms with E-state index in [0.717, 1.165) is 0 Å². The third-order valence-electron chi connectivity index (χ3n) is 2.46. The van der Waals surface area contributed by atoms with Crippen LogP contribution >= 0.6 is 0 Å². The molecule has 1 aromatic carbocycles. The number of benzene rings is 1. The number of hydrogen-bond acceptors (Lipinski definition) is 4. The number of halogens is 6. The van der Waals surface area contributed by atoms with Crippen molar-refractivity contribution in [2.75, 3.05) is 6.61 Å². The van der Waals surface area contributed by atoms with Gasteiger partial charge in [0.25, 0.3) is 0 Å². The summed E-state index contributed by atoms with van der Waals surface area (Å²) in [5.41, 5.74) is -3.13. The van der Waals surface area contributed by atoms with Crippen LogP contribution in [-0.2, 0) is 22.1 Å². The third kappa shape index (κ3) is 5.36. The summed E-state index contributed by atoms with van der Waals surface area (Å²) >= 11 is 0. The van der Waals surface area contributed by atoms with Crippen LogP contribution in [0, 0.1) is 11.3 Å². The fourth-order valence-electron chi connectivity index (χ4n) is 1.77. The number of hydrogen-bond donors (Lipinski definition) is 0. The van der Waals surface area contributed by atoms with E-state index in [2.05, 4.69) is 9.47 Å². The van der Waals surface area contributed by atoms with Crippen LogP contribution in [0.3, 0.4) is 0 Å². The van der Waals surface area contributed by atoms with Crippen LogP contribution in [0.2, 0.25) is 0 Å². The lowest BCUT2D eigenvalue weighted by Gasteiger charge is -2.19. The molecule has 0 aromatic heterocycles. The van der Waals surface area contributed by atoms with Gasteiger partial charge in [-0.2, -0.15) is 18.4 Å². The summed E-state index contributed by atoms with van der Waals surface area (Å²) in [5.74, 6) is -2.67. The normalized spacial score (nSPS) is 11.7. The summed E-state index contributed by atoms with van der Waals surface area (Å²) in [6.07, 6.45) is -11.6. The SMILES string of the molecule is CCOC(=O)Cc1cc(C#N)cc(OC(F)(F)F)c1C(F)(F)F. The van der Waals surface area contributed by atoms with E-state index in [0.29, 0.717) is 12.1 Å². The first-order valence-corrected chi connectivity index (χ1v) is 6.03. The Morgan fingerprint density at radius 3 is 2.26 bits per heavy atom. The van der Waals surface area contributed by atoms with Crippen LogP contribution in [-0.4, -0.2) is 18.9 Å². The monoisotopic (exact) mass is 341 g/mol. The van der Waals surface area contributed by atoms with Crippen LogP contribution in [0.1, 0.15) is 23.6 Å². The van der Waals surface area contributed by atoms with Gasteiger partial charge in [-0.3, -0.25) is 4.79 Å². The van der Waals surface area contributed by atoms with Gasteiger partial charge in [-0.25, -0.2) is 0 Å². The molecule has 1 rings (SSSR count). The lowest BCUT2D eigenvalue weighted by molar-refractivity contribution is -0.276. The highest BCUT2D eigenvalue weighted by Crippen LogP contribution is 2.41. The average molecular weight is 341 g/mol. The minimum absolute atomic E-state index is 0.121. The van der Waals surface area contributed by atoms with Crippen molar-refractivity contribution in [3.63, 3.8) is 0 Å². The van der Waals surface area contributed by atoms with Gasteiger partial charge >= 0.3 is 18.5 Å². The van der Waals surface area contributed by atoms with Gasteiger partial charge in [0, 0.05) is 0 Å². The maximum atomic E-state index is 13.1. The molecule has 10 heteroatoms. The number of ether oxygens (including phenoxy) is 2. The Hall–Kier alpha value is -2.44. The third-order valence-corrected chi connectivity index (χ3v) is 2.46. The van der Waals surface area contributed by atoms with Crippen molar-refractivity contribution in [2.45, 2.75) is 25.9 Å². The van der Waals surface area contributed by atoms with E-state index < -0.39 is 47.4 Å². The second-order valence-electron chi connectivity index (χ2n) is 4.15. The van der Waals surface area contributed by atoms with Crippen molar-refractivity contribution in [3.8, 4) is 11.8 Å². The van der Waals surface area contributed by atoms with Gasteiger partial charge in [0.2, 0.25) is 0 Å². The van der Waals surface area contributed by atoms with E-state index in [-0.39, 0.29) is 6.61 Å². The van der Waals surface area contributed by atoms with Gasteiger partial charge in [0.15, 0.2) is 0 Å². The van der Waals surface area contributed by atoms with Gasteiger partial charge in [0.1, 0.15) is 11.3 Å². The topological polar surface area (TPSA) is 59.3 Å². The van der Waals surface area contributed by atoms with Crippen LogP contribution in [0.5, 0.6) is 5.75 Å². The van der Waals surface area contributed by atoms with Crippen molar-refractivity contribution in [1.82, 2.24) is 0 Å². The van der Waals surface area contributed by atoms with E-state index >= 15 is 0 Å². The Morgan fingerprint density at radius 1 is 1.22 bits per heavy atom. The van der Waals surface area contributed by atoms with Gasteiger partial charge in [-0.05, 0) is 24.6 Å². The molecule has 0 atom stereocenters. The largest absolute Gasteiger partial charge is 0.573 e. The number of nitrogens with zero attached hydrogens (tertiary/aromatic N) is 1. The molecule has 0 aliphatic heterocycles. The quantitative estimate of drug-likeness (QED) is 0.620. The Kier molecular flexibility index (Phi) is 5.47. The summed E-state index contributed by atoms with van der Waals surface area (Å²) < 4.78 is 83.9. The number of alkyl halides is 6. The average Bonchev–Trinajstić information content (AvgIpc) is 2.34. The summed E-state index contributed by atoms with van der Waals surface area (Å²) in [6.45, 7) is 1.29. The number of carbonyl (C=O) groups is 1. The molecule has 0 fully saturated rings. The van der Waals surface area contributed by atoms with E-state index in [1.54, 1.807) is 0 Å². The lowest BCUT2D eigenvalue weighted by atomic mass is 10.00. The summed E-state index contributed by atoms with van der Waals surface area (Å²) in [5, 5.41) is 8.73. The number of rotatable bonds is 4. The standard InChI is InChI=1S/C13H9F6NO3/c1-2-22-10(21)5-8-3-7(6-20)4-9(23-13(17,18)19)11(8)12(14,15)16/h3-4H,2,5H2,1H3. The molecular weight excluding hydrogens is 332 g/mol. The second kappa shape index (κ2) is 6.76. The van der Waals surface area contributed by atoms with Gasteiger partial charge < -0.3 is 9.47 Å². The highest BCUT2D eigenvalue weighted by molar-refractivity contribution is 5.74. The highest BCUT2D eigenvalue weighted by atomic mass is 19.4. The lowest BCUT2D eigenvalue weighted by Crippen LogP contribution is -2.22. The molecule has 1 aromatic rings. The molecule has 0 radical (unpaired) electrons. The predicted molar refractivity (Wildman–Crippen MR) is 63.2 cm³/mol. The van der Waals surface area contributed by atoms with Gasteiger partial charge in [-0.15, -0.1) is 13.2 Å². The molecule has 0 saturated heterocycles. The maximum absolute atomic E-state index is 13.1. The first kappa shape index (κ1) is 18.6. The fourth-order valence-corrected chi connectivity index (χ4v) is 1.77. The Balaban J connectivity index is 3.49. The molecule has 0 spiro atoms. The summed E-state index contributed by atoms with van der Waals surface area (Å²) in [7, 11) is 0. The predicted octanol–water partition coefficient (Wildman–Crippen LogP) is 3.58. The molecule has 126 valence electrons. The molecular formula is C13H9F6NO3. The molecule has 0 unspecified atom stereocenters. The van der Waals surface area contributed by atoms with E-state index in [4.69, 9.17) is 5.26 Å². The zero-order chi connectivity index (χ0) is 17.8. The van der Waals surface area contributed by atoms with E-state index in [9.17, 15) is 31.1 Å². The first-order chi connectivity index (χ1) is 10.5. The van der Waals surface area contributed by atoms with Crippen LogP contribution in [0.25, 0.3) is 0 Å². The Labute approximate surface area is 126 Å². The van der Waals surface area contributed by atoms with E-state index in [1.165, 1.54) is 13.0 Å². The molecule has 0 saturated carbocycles. The molecule has 0 bridgehead atoms. The minimum Gasteiger partial charge on any atom is -0.466 e. The van der Waals surface area contributed by atoms with Gasteiger partial charge in [-0.1, -0.05) is 0 Å². The number of esters is 1. The maximum Gasteiger partial charge on any atom is 0.573 e. The van der Waals surface area contributed by atoms with Crippen LogP contribution < -0.4 is 4.74 Å².